The summed E-state index contributed by atoms with van der Waals surface area (Å²) in [6, 6.07) is 17.3. The third-order valence-corrected chi connectivity index (χ3v) is 4.26. The number of Topliss-reactive ketones (excluding diaryl/α,β-unsaturated/α-hetero) is 1. The molecule has 0 saturated heterocycles. The maximum absolute atomic E-state index is 11.7. The number of nitrogens with zero attached hydrogens (tertiary/aromatic N) is 1. The van der Waals surface area contributed by atoms with Crippen molar-refractivity contribution in [2.24, 2.45) is 0 Å². The molecule has 1 aliphatic heterocycles. The quantitative estimate of drug-likeness (QED) is 0.844. The van der Waals surface area contributed by atoms with Crippen molar-refractivity contribution in [1.29, 1.82) is 0 Å². The lowest BCUT2D eigenvalue weighted by atomic mass is 9.89. The van der Waals surface area contributed by atoms with E-state index in [2.05, 4.69) is 60.4 Å². The molecule has 0 amide bonds. The Morgan fingerprint density at radius 3 is 2.57 bits per heavy atom. The maximum atomic E-state index is 11.7. The number of anilines is 1. The van der Waals surface area contributed by atoms with Crippen LogP contribution in [-0.2, 0) is 11.2 Å². The molecule has 1 unspecified atom stereocenters. The molecule has 0 saturated carbocycles. The van der Waals surface area contributed by atoms with Crippen molar-refractivity contribution in [3.05, 3.63) is 65.2 Å². The van der Waals surface area contributed by atoms with E-state index in [1.165, 1.54) is 22.4 Å². The van der Waals surface area contributed by atoms with Crippen LogP contribution in [0.1, 0.15) is 36.1 Å². The van der Waals surface area contributed by atoms with Crippen LogP contribution in [0.2, 0.25) is 0 Å². The minimum atomic E-state index is 0.162. The van der Waals surface area contributed by atoms with Gasteiger partial charge in [0.1, 0.15) is 5.78 Å². The van der Waals surface area contributed by atoms with Crippen LogP contribution in [0.4, 0.5) is 5.69 Å². The Kier molecular flexibility index (Phi) is 3.78. The molecule has 0 radical (unpaired) electrons. The molecule has 0 N–H and O–H groups in total. The molecule has 2 nitrogen and oxygen atoms in total. The minimum absolute atomic E-state index is 0.162. The van der Waals surface area contributed by atoms with E-state index in [1.807, 2.05) is 0 Å². The first kappa shape index (κ1) is 13.9. The van der Waals surface area contributed by atoms with Gasteiger partial charge >= 0.3 is 0 Å². The molecule has 3 rings (SSSR count). The van der Waals surface area contributed by atoms with Crippen LogP contribution in [0.25, 0.3) is 0 Å². The van der Waals surface area contributed by atoms with E-state index in [0.29, 0.717) is 6.42 Å². The first-order valence-corrected chi connectivity index (χ1v) is 7.55. The first-order chi connectivity index (χ1) is 10.1. The molecular weight excluding hydrogens is 258 g/mol. The Labute approximate surface area is 126 Å². The first-order valence-electron chi connectivity index (χ1n) is 7.55. The third-order valence-electron chi connectivity index (χ3n) is 4.26. The molecule has 21 heavy (non-hydrogen) atoms. The fourth-order valence-corrected chi connectivity index (χ4v) is 3.19. The Bertz CT molecular complexity index is 645. The molecule has 108 valence electrons. The lowest BCUT2D eigenvalue weighted by molar-refractivity contribution is -0.117. The molecule has 2 heteroatoms. The highest BCUT2D eigenvalue weighted by Gasteiger charge is 2.28. The van der Waals surface area contributed by atoms with Crippen LogP contribution in [0, 0.1) is 6.92 Å². The summed E-state index contributed by atoms with van der Waals surface area (Å²) in [4.78, 5) is 14.1. The van der Waals surface area contributed by atoms with Gasteiger partial charge in [-0.25, -0.2) is 0 Å². The Morgan fingerprint density at radius 1 is 1.14 bits per heavy atom. The number of ketones is 1. The van der Waals surface area contributed by atoms with Gasteiger partial charge in [-0.2, -0.15) is 0 Å². The van der Waals surface area contributed by atoms with Gasteiger partial charge in [-0.1, -0.05) is 42.0 Å². The maximum Gasteiger partial charge on any atom is 0.132 e. The smallest absolute Gasteiger partial charge is 0.132 e. The van der Waals surface area contributed by atoms with Gasteiger partial charge in [0.25, 0.3) is 0 Å². The summed E-state index contributed by atoms with van der Waals surface area (Å²) in [5.74, 6) is 0.244. The number of fused-ring (bicyclic) bond motifs is 1. The van der Waals surface area contributed by atoms with Gasteiger partial charge in [0.05, 0.1) is 6.04 Å². The summed E-state index contributed by atoms with van der Waals surface area (Å²) in [6.07, 6.45) is 1.61. The zero-order valence-electron chi connectivity index (χ0n) is 12.7. The highest BCUT2D eigenvalue weighted by molar-refractivity contribution is 5.77. The van der Waals surface area contributed by atoms with Crippen LogP contribution in [0.5, 0.6) is 0 Å². The van der Waals surface area contributed by atoms with Crippen LogP contribution in [-0.4, -0.2) is 12.3 Å². The number of benzene rings is 2. The van der Waals surface area contributed by atoms with Crippen molar-refractivity contribution in [3.8, 4) is 0 Å². The van der Waals surface area contributed by atoms with Gasteiger partial charge in [0.15, 0.2) is 0 Å². The zero-order valence-corrected chi connectivity index (χ0v) is 12.7. The van der Waals surface area contributed by atoms with Gasteiger partial charge in [-0.05, 0) is 43.5 Å². The average Bonchev–Trinajstić information content (AvgIpc) is 2.48. The van der Waals surface area contributed by atoms with E-state index in [9.17, 15) is 4.79 Å². The van der Waals surface area contributed by atoms with Gasteiger partial charge in [0, 0.05) is 18.7 Å². The van der Waals surface area contributed by atoms with Crippen molar-refractivity contribution >= 4 is 11.5 Å². The molecule has 0 bridgehead atoms. The minimum Gasteiger partial charge on any atom is -0.364 e. The molecule has 1 aliphatic rings. The summed E-state index contributed by atoms with van der Waals surface area (Å²) in [5, 5.41) is 0. The third kappa shape index (κ3) is 2.85. The summed E-state index contributed by atoms with van der Waals surface area (Å²) in [5.41, 5.74) is 5.16. The normalized spacial score (nSPS) is 17.4. The summed E-state index contributed by atoms with van der Waals surface area (Å²) in [6.45, 7) is 4.75. The predicted octanol–water partition coefficient (Wildman–Crippen LogP) is 4.08. The van der Waals surface area contributed by atoms with E-state index in [1.54, 1.807) is 6.92 Å². The standard InChI is InChI=1S/C19H21NO/c1-14-7-9-17(10-8-14)20-12-11-16-5-3-4-6-18(16)19(20)13-15(2)21/h3-10,19H,11-13H2,1-2H3. The lowest BCUT2D eigenvalue weighted by Crippen LogP contribution is -2.36. The van der Waals surface area contributed by atoms with E-state index in [4.69, 9.17) is 0 Å². The second kappa shape index (κ2) is 5.72. The largest absolute Gasteiger partial charge is 0.364 e. The monoisotopic (exact) mass is 279 g/mol. The van der Waals surface area contributed by atoms with E-state index >= 15 is 0 Å². The molecule has 0 spiro atoms. The van der Waals surface area contributed by atoms with Crippen molar-refractivity contribution < 1.29 is 4.79 Å². The van der Waals surface area contributed by atoms with E-state index in [-0.39, 0.29) is 11.8 Å². The number of aryl methyl sites for hydroxylation is 1. The molecule has 1 heterocycles. The van der Waals surface area contributed by atoms with E-state index in [0.717, 1.165) is 13.0 Å². The number of carbonyl (C=O) groups excluding carboxylic acids is 1. The second-order valence-corrected chi connectivity index (χ2v) is 5.90. The van der Waals surface area contributed by atoms with Crippen molar-refractivity contribution in [2.75, 3.05) is 11.4 Å². The number of hydrogen-bond acceptors (Lipinski definition) is 2. The molecular formula is C19H21NO. The van der Waals surface area contributed by atoms with Crippen molar-refractivity contribution in [1.82, 2.24) is 0 Å². The number of rotatable bonds is 3. The average molecular weight is 279 g/mol. The van der Waals surface area contributed by atoms with Gasteiger partial charge < -0.3 is 4.90 Å². The topological polar surface area (TPSA) is 20.3 Å². The number of hydrogen-bond donors (Lipinski definition) is 0. The van der Waals surface area contributed by atoms with Crippen LogP contribution in [0.3, 0.4) is 0 Å². The van der Waals surface area contributed by atoms with Crippen LogP contribution in [0.15, 0.2) is 48.5 Å². The van der Waals surface area contributed by atoms with Crippen molar-refractivity contribution in [2.45, 2.75) is 32.7 Å². The zero-order chi connectivity index (χ0) is 14.8. The Hall–Kier alpha value is -2.09. The molecule has 0 aliphatic carbocycles. The highest BCUT2D eigenvalue weighted by atomic mass is 16.1. The van der Waals surface area contributed by atoms with E-state index < -0.39 is 0 Å². The molecule has 2 aromatic carbocycles. The molecule has 0 aromatic heterocycles. The molecule has 1 atom stereocenters. The predicted molar refractivity (Wildman–Crippen MR) is 86.7 cm³/mol. The van der Waals surface area contributed by atoms with Gasteiger partial charge in [-0.3, -0.25) is 4.79 Å². The molecule has 0 fully saturated rings. The summed E-state index contributed by atoms with van der Waals surface area (Å²) in [7, 11) is 0. The summed E-state index contributed by atoms with van der Waals surface area (Å²) >= 11 is 0. The fraction of sp³-hybridized carbons (Fsp3) is 0.316. The van der Waals surface area contributed by atoms with Crippen LogP contribution >= 0.6 is 0 Å². The van der Waals surface area contributed by atoms with Gasteiger partial charge in [0.2, 0.25) is 0 Å². The molecule has 2 aromatic rings. The fourth-order valence-electron chi connectivity index (χ4n) is 3.19. The second-order valence-electron chi connectivity index (χ2n) is 5.90. The Morgan fingerprint density at radius 2 is 1.86 bits per heavy atom. The lowest BCUT2D eigenvalue weighted by Gasteiger charge is -2.39. The number of carbonyl (C=O) groups is 1. The highest BCUT2D eigenvalue weighted by Crippen LogP contribution is 2.35. The SMILES string of the molecule is CC(=O)CC1c2ccccc2CCN1c1ccc(C)cc1. The van der Waals surface area contributed by atoms with Gasteiger partial charge in [-0.15, -0.1) is 0 Å². The van der Waals surface area contributed by atoms with Crippen molar-refractivity contribution in [3.63, 3.8) is 0 Å². The van der Waals surface area contributed by atoms with Crippen LogP contribution < -0.4 is 4.90 Å². The summed E-state index contributed by atoms with van der Waals surface area (Å²) < 4.78 is 0. The Balaban J connectivity index is 2.00.